The number of nitrogens with one attached hydrogen (secondary N) is 1. The van der Waals surface area contributed by atoms with Gasteiger partial charge in [0.05, 0.1) is 18.8 Å². The van der Waals surface area contributed by atoms with E-state index in [1.165, 1.54) is 9.80 Å². The van der Waals surface area contributed by atoms with E-state index in [4.69, 9.17) is 4.74 Å². The first-order valence-corrected chi connectivity index (χ1v) is 7.34. The number of ether oxygens (including phenoxy) is 1. The summed E-state index contributed by atoms with van der Waals surface area (Å²) in [6, 6.07) is 2.32. The molecule has 3 rings (SSSR count). The second-order valence-electron chi connectivity index (χ2n) is 5.99. The van der Waals surface area contributed by atoms with E-state index in [1.54, 1.807) is 7.05 Å². The number of rotatable bonds is 1. The number of likely N-dealkylation sites (N-methyl/N-ethyl adjacent to an activating group) is 1. The lowest BCUT2D eigenvalue weighted by molar-refractivity contribution is 0.00496. The highest BCUT2D eigenvalue weighted by Crippen LogP contribution is 2.31. The van der Waals surface area contributed by atoms with Crippen LogP contribution >= 0.6 is 0 Å². The van der Waals surface area contributed by atoms with Crippen LogP contribution in [0.4, 0.5) is 24.1 Å². The molecule has 1 N–H and O–H groups in total. The van der Waals surface area contributed by atoms with E-state index >= 15 is 0 Å². The summed E-state index contributed by atoms with van der Waals surface area (Å²) in [5, 5.41) is 2.37. The molecular weight excluding hydrogens is 308 g/mol. The lowest BCUT2D eigenvalue weighted by Crippen LogP contribution is -2.53. The minimum atomic E-state index is -0.720. The molecule has 0 bridgehead atoms. The summed E-state index contributed by atoms with van der Waals surface area (Å²) in [7, 11) is 1.64. The van der Waals surface area contributed by atoms with E-state index in [1.807, 2.05) is 0 Å². The molecule has 1 spiro atoms. The molecule has 2 aliphatic rings. The number of piperidine rings is 1. The molecule has 0 unspecified atom stereocenters. The number of benzene rings is 1. The fraction of sp³-hybridized carbons (Fsp3) is 0.467. The molecule has 2 fully saturated rings. The molecule has 2 heterocycles. The van der Waals surface area contributed by atoms with Crippen molar-refractivity contribution in [2.45, 2.75) is 18.4 Å². The Morgan fingerprint density at radius 2 is 2.13 bits per heavy atom. The van der Waals surface area contributed by atoms with Crippen LogP contribution in [0.2, 0.25) is 0 Å². The van der Waals surface area contributed by atoms with Crippen LogP contribution < -0.4 is 5.32 Å². The first-order valence-electron chi connectivity index (χ1n) is 7.34. The van der Waals surface area contributed by atoms with Crippen LogP contribution in [-0.4, -0.2) is 54.2 Å². The topological polar surface area (TPSA) is 61.9 Å². The van der Waals surface area contributed by atoms with Gasteiger partial charge in [0.15, 0.2) is 0 Å². The Labute approximate surface area is 132 Å². The standard InChI is InChI=1S/C15H17F2N3O3/c1-19-8-15(23-14(19)22)5-2-6-20(9-15)13(21)18-12-7-10(16)3-4-11(12)17/h3-4,7H,2,5-6,8-9H2,1H3,(H,18,21)/t15-/m0/s1. The molecule has 1 atom stereocenters. The number of carbonyl (C=O) groups excluding carboxylic acids is 2. The van der Waals surface area contributed by atoms with E-state index in [2.05, 4.69) is 5.32 Å². The Kier molecular flexibility index (Phi) is 3.83. The quantitative estimate of drug-likeness (QED) is 0.862. The van der Waals surface area contributed by atoms with E-state index in [-0.39, 0.29) is 12.2 Å². The van der Waals surface area contributed by atoms with Gasteiger partial charge in [-0.1, -0.05) is 0 Å². The van der Waals surface area contributed by atoms with Crippen molar-refractivity contribution in [3.8, 4) is 0 Å². The smallest absolute Gasteiger partial charge is 0.410 e. The molecule has 23 heavy (non-hydrogen) atoms. The summed E-state index contributed by atoms with van der Waals surface area (Å²) in [6.45, 7) is 1.10. The van der Waals surface area contributed by atoms with Crippen molar-refractivity contribution >= 4 is 17.8 Å². The summed E-state index contributed by atoms with van der Waals surface area (Å²) >= 11 is 0. The summed E-state index contributed by atoms with van der Waals surface area (Å²) in [5.41, 5.74) is -0.933. The molecule has 0 aromatic heterocycles. The molecule has 2 saturated heterocycles. The van der Waals surface area contributed by atoms with Crippen LogP contribution in [0.15, 0.2) is 18.2 Å². The molecule has 124 valence electrons. The number of urea groups is 1. The third kappa shape index (κ3) is 3.06. The van der Waals surface area contributed by atoms with Crippen molar-refractivity contribution in [3.63, 3.8) is 0 Å². The maximum absolute atomic E-state index is 13.6. The predicted octanol–water partition coefficient (Wildman–Crippen LogP) is 2.41. The lowest BCUT2D eigenvalue weighted by atomic mass is 9.93. The number of nitrogens with zero attached hydrogens (tertiary/aromatic N) is 2. The van der Waals surface area contributed by atoms with Crippen molar-refractivity contribution < 1.29 is 23.1 Å². The zero-order chi connectivity index (χ0) is 16.6. The number of halogens is 2. The number of anilines is 1. The largest absolute Gasteiger partial charge is 0.439 e. The number of likely N-dealkylation sites (tertiary alicyclic amines) is 1. The normalized spacial score (nSPS) is 24.0. The Balaban J connectivity index is 1.70. The van der Waals surface area contributed by atoms with Crippen molar-refractivity contribution in [2.75, 3.05) is 32.0 Å². The molecular formula is C15H17F2N3O3. The molecule has 2 aliphatic heterocycles. The van der Waals surface area contributed by atoms with Gasteiger partial charge in [-0.05, 0) is 25.0 Å². The second-order valence-corrected chi connectivity index (χ2v) is 5.99. The number of amides is 3. The molecule has 6 nitrogen and oxygen atoms in total. The average Bonchev–Trinajstić information content (AvgIpc) is 2.76. The van der Waals surface area contributed by atoms with Gasteiger partial charge in [0, 0.05) is 19.7 Å². The first-order chi connectivity index (χ1) is 10.9. The van der Waals surface area contributed by atoms with Gasteiger partial charge >= 0.3 is 12.1 Å². The fourth-order valence-corrected chi connectivity index (χ4v) is 3.06. The van der Waals surface area contributed by atoms with Gasteiger partial charge in [0.25, 0.3) is 0 Å². The third-order valence-corrected chi connectivity index (χ3v) is 4.14. The molecule has 3 amide bonds. The minimum Gasteiger partial charge on any atom is -0.439 e. The molecule has 0 aliphatic carbocycles. The molecule has 8 heteroatoms. The van der Waals surface area contributed by atoms with Crippen LogP contribution in [-0.2, 0) is 4.74 Å². The van der Waals surface area contributed by atoms with Crippen molar-refractivity contribution in [1.29, 1.82) is 0 Å². The minimum absolute atomic E-state index is 0.213. The maximum atomic E-state index is 13.6. The Morgan fingerprint density at radius 3 is 2.83 bits per heavy atom. The Morgan fingerprint density at radius 1 is 1.35 bits per heavy atom. The summed E-state index contributed by atoms with van der Waals surface area (Å²) in [4.78, 5) is 26.8. The highest BCUT2D eigenvalue weighted by Gasteiger charge is 2.47. The van der Waals surface area contributed by atoms with Crippen LogP contribution in [0.5, 0.6) is 0 Å². The van der Waals surface area contributed by atoms with Crippen LogP contribution in [0.1, 0.15) is 12.8 Å². The SMILES string of the molecule is CN1C[C@]2(CCCN(C(=O)Nc3cc(F)ccc3F)C2)OC1=O. The Bertz CT molecular complexity index is 655. The highest BCUT2D eigenvalue weighted by molar-refractivity contribution is 5.89. The van der Waals surface area contributed by atoms with Gasteiger partial charge in [0.1, 0.15) is 17.2 Å². The Hall–Kier alpha value is -2.38. The molecule has 1 aromatic carbocycles. The van der Waals surface area contributed by atoms with Crippen molar-refractivity contribution in [2.24, 2.45) is 0 Å². The maximum Gasteiger partial charge on any atom is 0.410 e. The summed E-state index contributed by atoms with van der Waals surface area (Å²) in [5.74, 6) is -1.35. The van der Waals surface area contributed by atoms with Crippen LogP contribution in [0.3, 0.4) is 0 Å². The van der Waals surface area contributed by atoms with Crippen LogP contribution in [0, 0.1) is 11.6 Å². The van der Waals surface area contributed by atoms with Gasteiger partial charge in [-0.2, -0.15) is 0 Å². The second kappa shape index (κ2) is 5.68. The zero-order valence-electron chi connectivity index (χ0n) is 12.6. The zero-order valence-corrected chi connectivity index (χ0v) is 12.6. The van der Waals surface area contributed by atoms with Gasteiger partial charge in [0.2, 0.25) is 0 Å². The molecule has 1 aromatic rings. The van der Waals surface area contributed by atoms with Crippen molar-refractivity contribution in [3.05, 3.63) is 29.8 Å². The summed E-state index contributed by atoms with van der Waals surface area (Å²) < 4.78 is 32.2. The number of hydrogen-bond donors (Lipinski definition) is 1. The monoisotopic (exact) mass is 325 g/mol. The van der Waals surface area contributed by atoms with Gasteiger partial charge in [-0.25, -0.2) is 18.4 Å². The van der Waals surface area contributed by atoms with E-state index in [0.29, 0.717) is 25.9 Å². The summed E-state index contributed by atoms with van der Waals surface area (Å²) in [6.07, 6.45) is 0.921. The van der Waals surface area contributed by atoms with E-state index < -0.39 is 29.4 Å². The highest BCUT2D eigenvalue weighted by atomic mass is 19.1. The van der Waals surface area contributed by atoms with Crippen LogP contribution in [0.25, 0.3) is 0 Å². The molecule has 0 radical (unpaired) electrons. The van der Waals surface area contributed by atoms with E-state index in [0.717, 1.165) is 18.2 Å². The van der Waals surface area contributed by atoms with Gasteiger partial charge in [-0.15, -0.1) is 0 Å². The number of carbonyl (C=O) groups is 2. The average molecular weight is 325 g/mol. The molecule has 0 saturated carbocycles. The lowest BCUT2D eigenvalue weighted by Gasteiger charge is -2.38. The van der Waals surface area contributed by atoms with Gasteiger partial charge in [-0.3, -0.25) is 0 Å². The van der Waals surface area contributed by atoms with Gasteiger partial charge < -0.3 is 19.9 Å². The predicted molar refractivity (Wildman–Crippen MR) is 78.0 cm³/mol. The number of hydrogen-bond acceptors (Lipinski definition) is 3. The fourth-order valence-electron chi connectivity index (χ4n) is 3.06. The first kappa shape index (κ1) is 15.5. The third-order valence-electron chi connectivity index (χ3n) is 4.14. The van der Waals surface area contributed by atoms with Crippen molar-refractivity contribution in [1.82, 2.24) is 9.80 Å². The van der Waals surface area contributed by atoms with E-state index in [9.17, 15) is 18.4 Å².